The van der Waals surface area contributed by atoms with Crippen molar-refractivity contribution < 1.29 is 13.2 Å². The number of sulfonamides is 1. The van der Waals surface area contributed by atoms with E-state index in [1.54, 1.807) is 24.3 Å². The van der Waals surface area contributed by atoms with E-state index in [2.05, 4.69) is 15.2 Å². The van der Waals surface area contributed by atoms with Crippen molar-refractivity contribution >= 4 is 33.3 Å². The topological polar surface area (TPSA) is 96.0 Å². The zero-order chi connectivity index (χ0) is 19.4. The number of H-pyrrole nitrogens is 1. The molecule has 0 amide bonds. The van der Waals surface area contributed by atoms with Crippen LogP contribution in [-0.2, 0) is 10.0 Å². The van der Waals surface area contributed by atoms with Crippen molar-refractivity contribution in [3.63, 3.8) is 0 Å². The normalized spacial score (nSPS) is 11.3. The molecule has 27 heavy (non-hydrogen) atoms. The van der Waals surface area contributed by atoms with Crippen LogP contribution in [0.25, 0.3) is 11.4 Å². The van der Waals surface area contributed by atoms with Gasteiger partial charge >= 0.3 is 0 Å². The highest BCUT2D eigenvalue weighted by atomic mass is 32.2. The van der Waals surface area contributed by atoms with Gasteiger partial charge in [-0.3, -0.25) is 14.2 Å². The van der Waals surface area contributed by atoms with Gasteiger partial charge in [0.05, 0.1) is 17.7 Å². The Bertz CT molecular complexity index is 1030. The van der Waals surface area contributed by atoms with Crippen LogP contribution in [0.1, 0.15) is 10.4 Å². The van der Waals surface area contributed by atoms with Gasteiger partial charge in [-0.05, 0) is 24.3 Å². The first-order valence-electron chi connectivity index (χ1n) is 8.02. The number of carbonyl (C=O) groups excluding carboxylic acids is 1. The molecule has 140 valence electrons. The molecule has 1 aromatic heterocycles. The van der Waals surface area contributed by atoms with E-state index in [4.69, 9.17) is 0 Å². The summed E-state index contributed by atoms with van der Waals surface area (Å²) < 4.78 is 24.3. The number of aromatic nitrogens is 3. The molecule has 0 aliphatic heterocycles. The van der Waals surface area contributed by atoms with Crippen LogP contribution in [0.2, 0.25) is 0 Å². The van der Waals surface area contributed by atoms with Crippen LogP contribution in [0.4, 0.5) is 5.69 Å². The number of hydrogen-bond acceptors (Lipinski definition) is 6. The quantitative estimate of drug-likeness (QED) is 0.482. The smallest absolute Gasteiger partial charge is 0.231 e. The summed E-state index contributed by atoms with van der Waals surface area (Å²) in [5, 5.41) is 7.48. The molecule has 0 aliphatic rings. The largest absolute Gasteiger partial charge is 0.293 e. The zero-order valence-corrected chi connectivity index (χ0v) is 16.4. The lowest BCUT2D eigenvalue weighted by Crippen LogP contribution is -2.24. The van der Waals surface area contributed by atoms with E-state index in [9.17, 15) is 13.2 Å². The molecule has 1 N–H and O–H groups in total. The third kappa shape index (κ3) is 4.75. The fourth-order valence-corrected chi connectivity index (χ4v) is 3.50. The summed E-state index contributed by atoms with van der Waals surface area (Å²) in [6.45, 7) is 0. The second-order valence-electron chi connectivity index (χ2n) is 5.82. The molecule has 0 unspecified atom stereocenters. The van der Waals surface area contributed by atoms with Crippen LogP contribution < -0.4 is 4.31 Å². The molecule has 0 saturated heterocycles. The standard InChI is InChI=1S/C18H18N4O3S2/c1-22(27(2,24)25)15-10-8-13(9-11-15)16(23)12-26-18-19-17(20-21-18)14-6-4-3-5-7-14/h3-11H,12H2,1-2H3,(H,19,20,21). The van der Waals surface area contributed by atoms with Gasteiger partial charge in [0.2, 0.25) is 15.2 Å². The molecule has 0 spiro atoms. The minimum Gasteiger partial charge on any atom is -0.293 e. The number of hydrogen-bond donors (Lipinski definition) is 1. The summed E-state index contributed by atoms with van der Waals surface area (Å²) in [4.78, 5) is 16.7. The van der Waals surface area contributed by atoms with Crippen LogP contribution in [0.3, 0.4) is 0 Å². The molecule has 7 nitrogen and oxygen atoms in total. The van der Waals surface area contributed by atoms with E-state index >= 15 is 0 Å². The number of aromatic amines is 1. The Morgan fingerprint density at radius 1 is 1.11 bits per heavy atom. The fraction of sp³-hybridized carbons (Fsp3) is 0.167. The molecule has 0 fully saturated rings. The highest BCUT2D eigenvalue weighted by molar-refractivity contribution is 7.99. The van der Waals surface area contributed by atoms with Gasteiger partial charge in [-0.1, -0.05) is 42.1 Å². The maximum absolute atomic E-state index is 12.4. The number of ketones is 1. The van der Waals surface area contributed by atoms with Crippen molar-refractivity contribution in [2.45, 2.75) is 5.16 Å². The van der Waals surface area contributed by atoms with Crippen molar-refractivity contribution in [2.75, 3.05) is 23.4 Å². The molecule has 1 heterocycles. The van der Waals surface area contributed by atoms with Gasteiger partial charge in [0, 0.05) is 18.2 Å². The molecule has 0 saturated carbocycles. The van der Waals surface area contributed by atoms with Crippen molar-refractivity contribution in [2.24, 2.45) is 0 Å². The van der Waals surface area contributed by atoms with E-state index in [0.29, 0.717) is 22.2 Å². The van der Waals surface area contributed by atoms with Gasteiger partial charge < -0.3 is 0 Å². The van der Waals surface area contributed by atoms with Crippen molar-refractivity contribution in [3.05, 3.63) is 60.2 Å². The number of thioether (sulfide) groups is 1. The number of nitrogens with zero attached hydrogens (tertiary/aromatic N) is 3. The Hall–Kier alpha value is -2.65. The van der Waals surface area contributed by atoms with Crippen LogP contribution in [0, 0.1) is 0 Å². The van der Waals surface area contributed by atoms with E-state index in [0.717, 1.165) is 16.1 Å². The first kappa shape index (κ1) is 19.1. The minimum absolute atomic E-state index is 0.0837. The van der Waals surface area contributed by atoms with E-state index in [1.807, 2.05) is 30.3 Å². The van der Waals surface area contributed by atoms with Gasteiger partial charge in [-0.2, -0.15) is 0 Å². The highest BCUT2D eigenvalue weighted by Gasteiger charge is 2.14. The van der Waals surface area contributed by atoms with Gasteiger partial charge in [0.1, 0.15) is 0 Å². The Kier molecular flexibility index (Phi) is 5.62. The maximum atomic E-state index is 12.4. The van der Waals surface area contributed by atoms with Crippen LogP contribution >= 0.6 is 11.8 Å². The van der Waals surface area contributed by atoms with Crippen LogP contribution in [0.5, 0.6) is 0 Å². The van der Waals surface area contributed by atoms with E-state index in [1.165, 1.54) is 18.8 Å². The highest BCUT2D eigenvalue weighted by Crippen LogP contribution is 2.21. The SMILES string of the molecule is CN(c1ccc(C(=O)CSc2n[nH]c(-c3ccccc3)n2)cc1)S(C)(=O)=O. The lowest BCUT2D eigenvalue weighted by atomic mass is 10.1. The number of rotatable bonds is 7. The lowest BCUT2D eigenvalue weighted by molar-refractivity contribution is 0.102. The van der Waals surface area contributed by atoms with Crippen LogP contribution in [0.15, 0.2) is 59.8 Å². The summed E-state index contributed by atoms with van der Waals surface area (Å²) in [6.07, 6.45) is 1.13. The van der Waals surface area contributed by atoms with Crippen molar-refractivity contribution in [1.82, 2.24) is 15.2 Å². The number of carbonyl (C=O) groups is 1. The van der Waals surface area contributed by atoms with Gasteiger partial charge in [-0.25, -0.2) is 13.4 Å². The molecule has 2 aromatic carbocycles. The molecule has 3 rings (SSSR count). The molecular weight excluding hydrogens is 384 g/mol. The third-order valence-electron chi connectivity index (χ3n) is 3.89. The molecule has 3 aromatic rings. The monoisotopic (exact) mass is 402 g/mol. The maximum Gasteiger partial charge on any atom is 0.231 e. The first-order valence-corrected chi connectivity index (χ1v) is 10.9. The van der Waals surface area contributed by atoms with Gasteiger partial charge in [0.25, 0.3) is 0 Å². The number of Topliss-reactive ketones (excluding diaryl/α,β-unsaturated/α-hetero) is 1. The Morgan fingerprint density at radius 3 is 2.41 bits per heavy atom. The number of nitrogens with one attached hydrogen (secondary N) is 1. The summed E-state index contributed by atoms with van der Waals surface area (Å²) in [6, 6.07) is 16.1. The Labute approximate surface area is 161 Å². The van der Waals surface area contributed by atoms with E-state index < -0.39 is 10.0 Å². The molecule has 0 bridgehead atoms. The first-order chi connectivity index (χ1) is 12.8. The summed E-state index contributed by atoms with van der Waals surface area (Å²) in [5.74, 6) is 0.756. The summed E-state index contributed by atoms with van der Waals surface area (Å²) >= 11 is 1.24. The van der Waals surface area contributed by atoms with E-state index in [-0.39, 0.29) is 11.5 Å². The van der Waals surface area contributed by atoms with Crippen molar-refractivity contribution in [3.8, 4) is 11.4 Å². The number of benzene rings is 2. The minimum atomic E-state index is -3.33. The zero-order valence-electron chi connectivity index (χ0n) is 14.8. The second kappa shape index (κ2) is 7.93. The number of anilines is 1. The molecule has 0 aliphatic carbocycles. The average molecular weight is 403 g/mol. The summed E-state index contributed by atoms with van der Waals surface area (Å²) in [7, 11) is -1.86. The predicted molar refractivity (Wildman–Crippen MR) is 107 cm³/mol. The van der Waals surface area contributed by atoms with Gasteiger partial charge in [0.15, 0.2) is 11.6 Å². The summed E-state index contributed by atoms with van der Waals surface area (Å²) in [5.41, 5.74) is 1.93. The molecule has 0 atom stereocenters. The van der Waals surface area contributed by atoms with Crippen LogP contribution in [-0.4, -0.2) is 48.4 Å². The fourth-order valence-electron chi connectivity index (χ4n) is 2.30. The molecule has 9 heteroatoms. The average Bonchev–Trinajstić information content (AvgIpc) is 3.15. The van der Waals surface area contributed by atoms with Gasteiger partial charge in [-0.15, -0.1) is 5.10 Å². The molecule has 0 radical (unpaired) electrons. The second-order valence-corrected chi connectivity index (χ2v) is 8.78. The third-order valence-corrected chi connectivity index (χ3v) is 5.95. The lowest BCUT2D eigenvalue weighted by Gasteiger charge is -2.16. The predicted octanol–water partition coefficient (Wildman–Crippen LogP) is 2.84. The Morgan fingerprint density at radius 2 is 1.78 bits per heavy atom. The molecular formula is C18H18N4O3S2. The van der Waals surface area contributed by atoms with Crippen molar-refractivity contribution in [1.29, 1.82) is 0 Å². The Balaban J connectivity index is 1.62.